The normalized spacial score (nSPS) is 19.7. The van der Waals surface area contributed by atoms with Gasteiger partial charge in [0.15, 0.2) is 0 Å². The van der Waals surface area contributed by atoms with E-state index in [0.717, 1.165) is 25.5 Å². The number of amides is 1. The first-order valence-electron chi connectivity index (χ1n) is 9.82. The molecule has 166 valence electrons. The van der Waals surface area contributed by atoms with Gasteiger partial charge in [-0.15, -0.1) is 24.8 Å². The predicted molar refractivity (Wildman–Crippen MR) is 120 cm³/mol. The van der Waals surface area contributed by atoms with Crippen molar-refractivity contribution in [2.45, 2.75) is 6.04 Å². The Hall–Kier alpha value is -1.87. The topological polar surface area (TPSA) is 56.6 Å². The Balaban J connectivity index is 0.00000160. The van der Waals surface area contributed by atoms with Gasteiger partial charge in [-0.1, -0.05) is 12.1 Å². The van der Waals surface area contributed by atoms with Gasteiger partial charge in [0.2, 0.25) is 5.91 Å². The van der Waals surface area contributed by atoms with E-state index in [9.17, 15) is 9.18 Å². The lowest BCUT2D eigenvalue weighted by Gasteiger charge is -2.39. The van der Waals surface area contributed by atoms with E-state index in [1.807, 2.05) is 33.7 Å². The monoisotopic (exact) mass is 458 g/mol. The fraction of sp³-hybridized carbons (Fsp3) is 0.500. The second-order valence-electron chi connectivity index (χ2n) is 7.41. The smallest absolute Gasteiger partial charge is 0.236 e. The summed E-state index contributed by atoms with van der Waals surface area (Å²) in [7, 11) is 1.98. The average molecular weight is 459 g/mol. The molecular weight excluding hydrogens is 430 g/mol. The quantitative estimate of drug-likeness (QED) is 0.755. The Morgan fingerprint density at radius 2 is 1.90 bits per heavy atom. The first-order valence-corrected chi connectivity index (χ1v) is 9.82. The number of benzene rings is 1. The minimum atomic E-state index is -0.207. The summed E-state index contributed by atoms with van der Waals surface area (Å²) in [6.07, 6.45) is 3.73. The highest BCUT2D eigenvalue weighted by molar-refractivity contribution is 5.85. The van der Waals surface area contributed by atoms with Gasteiger partial charge >= 0.3 is 0 Å². The maximum Gasteiger partial charge on any atom is 0.236 e. The molecule has 2 saturated heterocycles. The van der Waals surface area contributed by atoms with Gasteiger partial charge in [-0.25, -0.2) is 9.37 Å². The van der Waals surface area contributed by atoms with Crippen LogP contribution in [0.3, 0.4) is 0 Å². The number of anilines is 1. The van der Waals surface area contributed by atoms with Crippen molar-refractivity contribution in [3.05, 3.63) is 48.3 Å². The molecule has 0 radical (unpaired) electrons. The third-order valence-corrected chi connectivity index (χ3v) is 5.67. The molecule has 7 nitrogen and oxygen atoms in total. The van der Waals surface area contributed by atoms with Gasteiger partial charge in [0.25, 0.3) is 0 Å². The van der Waals surface area contributed by atoms with Gasteiger partial charge in [-0.05, 0) is 12.1 Å². The fourth-order valence-electron chi connectivity index (χ4n) is 4.07. The first-order chi connectivity index (χ1) is 13.6. The van der Waals surface area contributed by atoms with Gasteiger partial charge < -0.3 is 19.7 Å². The number of imidazole rings is 1. The number of aryl methyl sites for hydroxylation is 1. The van der Waals surface area contributed by atoms with Crippen molar-refractivity contribution in [3.8, 4) is 0 Å². The molecule has 2 aliphatic heterocycles. The van der Waals surface area contributed by atoms with Crippen molar-refractivity contribution < 1.29 is 9.18 Å². The highest BCUT2D eigenvalue weighted by atomic mass is 35.5. The summed E-state index contributed by atoms with van der Waals surface area (Å²) in [6.45, 7) is 5.40. The minimum absolute atomic E-state index is 0. The van der Waals surface area contributed by atoms with Crippen LogP contribution in [0, 0.1) is 5.82 Å². The molecule has 0 bridgehead atoms. The number of carbonyl (C=O) groups excluding carboxylic acids is 1. The largest absolute Gasteiger partial charge is 0.366 e. The van der Waals surface area contributed by atoms with Crippen LogP contribution in [-0.2, 0) is 11.8 Å². The molecule has 2 aliphatic rings. The molecule has 2 fully saturated rings. The van der Waals surface area contributed by atoms with Crippen molar-refractivity contribution >= 4 is 36.4 Å². The number of halogens is 3. The zero-order chi connectivity index (χ0) is 19.5. The van der Waals surface area contributed by atoms with Crippen molar-refractivity contribution in [3.63, 3.8) is 0 Å². The van der Waals surface area contributed by atoms with E-state index in [0.29, 0.717) is 38.4 Å². The number of piperazine rings is 2. The number of nitrogens with zero attached hydrogens (tertiary/aromatic N) is 5. The van der Waals surface area contributed by atoms with Crippen LogP contribution in [0.2, 0.25) is 0 Å². The van der Waals surface area contributed by atoms with Crippen LogP contribution < -0.4 is 10.2 Å². The maximum atomic E-state index is 14.0. The summed E-state index contributed by atoms with van der Waals surface area (Å²) in [5.41, 5.74) is 0.617. The van der Waals surface area contributed by atoms with E-state index in [-0.39, 0.29) is 42.6 Å². The predicted octanol–water partition coefficient (Wildman–Crippen LogP) is 1.70. The van der Waals surface area contributed by atoms with Crippen LogP contribution >= 0.6 is 24.8 Å². The summed E-state index contributed by atoms with van der Waals surface area (Å²) in [4.78, 5) is 23.5. The molecular formula is C20H29Cl2FN6O. The number of para-hydroxylation sites is 1. The van der Waals surface area contributed by atoms with Crippen LogP contribution in [0.1, 0.15) is 11.9 Å². The van der Waals surface area contributed by atoms with Crippen LogP contribution in [0.4, 0.5) is 10.1 Å². The van der Waals surface area contributed by atoms with Gasteiger partial charge in [0.05, 0.1) is 18.3 Å². The fourth-order valence-corrected chi connectivity index (χ4v) is 4.07. The highest BCUT2D eigenvalue weighted by Crippen LogP contribution is 2.22. The van der Waals surface area contributed by atoms with Crippen LogP contribution in [0.5, 0.6) is 0 Å². The Bertz CT molecular complexity index is 827. The molecule has 0 spiro atoms. The molecule has 0 saturated carbocycles. The molecule has 1 amide bonds. The molecule has 1 N–H and O–H groups in total. The number of aromatic nitrogens is 2. The molecule has 2 aromatic rings. The van der Waals surface area contributed by atoms with E-state index in [1.54, 1.807) is 18.3 Å². The van der Waals surface area contributed by atoms with Crippen LogP contribution in [0.25, 0.3) is 0 Å². The zero-order valence-electron chi connectivity index (χ0n) is 17.0. The minimum Gasteiger partial charge on any atom is -0.366 e. The van der Waals surface area contributed by atoms with E-state index in [4.69, 9.17) is 0 Å². The van der Waals surface area contributed by atoms with Crippen molar-refractivity contribution in [2.75, 3.05) is 57.3 Å². The standard InChI is InChI=1S/C20H27FN6O.2ClH/c1-24-8-7-23-20(24)18-14-22-6-9-27(18)15-19(28)26-12-10-25(11-13-26)17-5-3-2-4-16(17)21;;/h2-5,7-8,18,22H,6,9-15H2,1H3;2*1H. The van der Waals surface area contributed by atoms with Crippen LogP contribution in [-0.4, -0.2) is 77.6 Å². The Labute approximate surface area is 189 Å². The summed E-state index contributed by atoms with van der Waals surface area (Å²) in [5.74, 6) is 0.902. The summed E-state index contributed by atoms with van der Waals surface area (Å²) < 4.78 is 16.0. The number of rotatable bonds is 4. The molecule has 3 heterocycles. The van der Waals surface area contributed by atoms with Crippen molar-refractivity contribution in [1.82, 2.24) is 24.7 Å². The molecule has 0 aliphatic carbocycles. The second-order valence-corrected chi connectivity index (χ2v) is 7.41. The lowest BCUT2D eigenvalue weighted by molar-refractivity contribution is -0.133. The first kappa shape index (κ1) is 24.4. The molecule has 1 aromatic carbocycles. The SMILES string of the molecule is Cl.Cl.Cn1ccnc1C1CNCCN1CC(=O)N1CCN(c2ccccc2F)CC1. The van der Waals surface area contributed by atoms with E-state index in [2.05, 4.69) is 15.2 Å². The third-order valence-electron chi connectivity index (χ3n) is 5.67. The van der Waals surface area contributed by atoms with Crippen molar-refractivity contribution in [1.29, 1.82) is 0 Å². The summed E-state index contributed by atoms with van der Waals surface area (Å²) in [6, 6.07) is 6.92. The molecule has 10 heteroatoms. The van der Waals surface area contributed by atoms with Crippen molar-refractivity contribution in [2.24, 2.45) is 7.05 Å². The van der Waals surface area contributed by atoms with E-state index >= 15 is 0 Å². The van der Waals surface area contributed by atoms with Gasteiger partial charge in [0, 0.05) is 65.3 Å². The van der Waals surface area contributed by atoms with Gasteiger partial charge in [-0.3, -0.25) is 9.69 Å². The third kappa shape index (κ3) is 5.24. The lowest BCUT2D eigenvalue weighted by Crippen LogP contribution is -2.54. The average Bonchev–Trinajstić information content (AvgIpc) is 3.15. The Morgan fingerprint density at radius 3 is 2.57 bits per heavy atom. The Morgan fingerprint density at radius 1 is 1.17 bits per heavy atom. The number of hydrogen-bond donors (Lipinski definition) is 1. The molecule has 30 heavy (non-hydrogen) atoms. The molecule has 1 unspecified atom stereocenters. The Kier molecular flexibility index (Phi) is 8.91. The maximum absolute atomic E-state index is 14.0. The second kappa shape index (κ2) is 10.9. The van der Waals surface area contributed by atoms with Crippen LogP contribution in [0.15, 0.2) is 36.7 Å². The summed E-state index contributed by atoms with van der Waals surface area (Å²) >= 11 is 0. The summed E-state index contributed by atoms with van der Waals surface area (Å²) in [5, 5.41) is 3.40. The van der Waals surface area contributed by atoms with Gasteiger partial charge in [-0.2, -0.15) is 0 Å². The van der Waals surface area contributed by atoms with E-state index < -0.39 is 0 Å². The lowest BCUT2D eigenvalue weighted by atomic mass is 10.1. The zero-order valence-corrected chi connectivity index (χ0v) is 18.7. The molecule has 1 aromatic heterocycles. The number of hydrogen-bond acceptors (Lipinski definition) is 5. The van der Waals surface area contributed by atoms with E-state index in [1.165, 1.54) is 6.07 Å². The highest BCUT2D eigenvalue weighted by Gasteiger charge is 2.30. The molecule has 1 atom stereocenters. The number of carbonyl (C=O) groups is 1. The molecule has 4 rings (SSSR count). The van der Waals surface area contributed by atoms with Gasteiger partial charge in [0.1, 0.15) is 11.6 Å². The number of nitrogens with one attached hydrogen (secondary N) is 1.